The van der Waals surface area contributed by atoms with Crippen molar-refractivity contribution >= 4 is 35.1 Å². The lowest BCUT2D eigenvalue weighted by molar-refractivity contribution is 0.0834. The lowest BCUT2D eigenvalue weighted by Crippen LogP contribution is -2.59. The van der Waals surface area contributed by atoms with Crippen molar-refractivity contribution in [2.45, 2.75) is 71.1 Å². The van der Waals surface area contributed by atoms with E-state index in [0.29, 0.717) is 47.9 Å². The Morgan fingerprint density at radius 1 is 0.870 bits per heavy atom. The highest BCUT2D eigenvalue weighted by Gasteiger charge is 2.60. The third kappa shape index (κ3) is 7.08. The van der Waals surface area contributed by atoms with E-state index in [0.717, 1.165) is 22.3 Å². The largest absolute Gasteiger partial charge is 0.490 e. The number of rotatable bonds is 11. The van der Waals surface area contributed by atoms with Gasteiger partial charge < -0.3 is 19.1 Å². The molecule has 1 aliphatic heterocycles. The molecule has 248 valence electrons. The second-order valence-corrected chi connectivity index (χ2v) is 14.2. The van der Waals surface area contributed by atoms with Gasteiger partial charge in [-0.2, -0.15) is 0 Å². The Morgan fingerprint density at radius 3 is 1.87 bits per heavy atom. The highest BCUT2D eigenvalue weighted by molar-refractivity contribution is 6.30. The van der Waals surface area contributed by atoms with Crippen LogP contribution in [0.5, 0.6) is 5.75 Å². The van der Waals surface area contributed by atoms with Gasteiger partial charge in [-0.25, -0.2) is 4.79 Å². The maximum absolute atomic E-state index is 15.1. The molecule has 0 saturated heterocycles. The van der Waals surface area contributed by atoms with Gasteiger partial charge in [0.25, 0.3) is 0 Å². The number of urea groups is 1. The summed E-state index contributed by atoms with van der Waals surface area (Å²) in [5, 5.41) is 1.22. The van der Waals surface area contributed by atoms with Crippen LogP contribution >= 0.6 is 23.2 Å². The van der Waals surface area contributed by atoms with Crippen LogP contribution in [0.15, 0.2) is 71.7 Å². The van der Waals surface area contributed by atoms with E-state index in [-0.39, 0.29) is 17.6 Å². The number of carbonyl (C=O) groups is 1. The van der Waals surface area contributed by atoms with Gasteiger partial charge >= 0.3 is 6.03 Å². The van der Waals surface area contributed by atoms with Gasteiger partial charge in [-0.05, 0) is 86.2 Å². The van der Waals surface area contributed by atoms with Crippen molar-refractivity contribution in [1.82, 2.24) is 9.80 Å². The number of nitrogens with zero attached hydrogens (tertiary/aromatic N) is 3. The van der Waals surface area contributed by atoms with Crippen molar-refractivity contribution in [2.75, 3.05) is 40.5 Å². The van der Waals surface area contributed by atoms with Crippen molar-refractivity contribution < 1.29 is 19.0 Å². The van der Waals surface area contributed by atoms with Gasteiger partial charge in [-0.1, -0.05) is 74.3 Å². The molecule has 0 spiro atoms. The number of hydrogen-bond donors (Lipinski definition) is 0. The lowest BCUT2D eigenvalue weighted by atomic mass is 9.71. The van der Waals surface area contributed by atoms with Crippen molar-refractivity contribution in [3.8, 4) is 5.75 Å². The Kier molecular flexibility index (Phi) is 11.1. The monoisotopic (exact) mass is 667 g/mol. The van der Waals surface area contributed by atoms with Crippen LogP contribution in [0.1, 0.15) is 70.7 Å². The number of carbonyl (C=O) groups excluding carboxylic acids is 1. The van der Waals surface area contributed by atoms with Crippen LogP contribution in [0, 0.1) is 0 Å². The van der Waals surface area contributed by atoms with E-state index in [2.05, 4.69) is 46.8 Å². The van der Waals surface area contributed by atoms with Crippen LogP contribution in [-0.2, 0) is 26.0 Å². The number of ether oxygens (including phenoxy) is 3. The molecule has 46 heavy (non-hydrogen) atoms. The zero-order valence-electron chi connectivity index (χ0n) is 28.5. The van der Waals surface area contributed by atoms with Crippen molar-refractivity contribution in [2.24, 2.45) is 4.99 Å². The first-order chi connectivity index (χ1) is 21.7. The quantitative estimate of drug-likeness (QED) is 0.205. The van der Waals surface area contributed by atoms with Gasteiger partial charge in [0.2, 0.25) is 0 Å². The van der Waals surface area contributed by atoms with Crippen LogP contribution in [0.25, 0.3) is 0 Å². The zero-order chi connectivity index (χ0) is 33.9. The summed E-state index contributed by atoms with van der Waals surface area (Å²) in [7, 11) is 3.26. The summed E-state index contributed by atoms with van der Waals surface area (Å²) in [5.74, 6) is 1.17. The predicted molar refractivity (Wildman–Crippen MR) is 188 cm³/mol. The average molecular weight is 669 g/mol. The molecule has 4 rings (SSSR count). The predicted octanol–water partition coefficient (Wildman–Crippen LogP) is 8.69. The molecule has 2 amide bonds. The minimum absolute atomic E-state index is 0.106. The Morgan fingerprint density at radius 2 is 1.39 bits per heavy atom. The summed E-state index contributed by atoms with van der Waals surface area (Å²) < 4.78 is 17.3. The number of halogens is 2. The smallest absolute Gasteiger partial charge is 0.326 e. The molecule has 0 bridgehead atoms. The fourth-order valence-corrected chi connectivity index (χ4v) is 6.19. The number of amides is 2. The Balaban J connectivity index is 2.08. The van der Waals surface area contributed by atoms with Crippen molar-refractivity contribution in [3.05, 3.63) is 99.0 Å². The molecular formula is C37H47Cl2N3O4. The molecule has 0 fully saturated rings. The number of aliphatic imine (C=N–C) groups is 1. The number of hydrogen-bond acceptors (Lipinski definition) is 5. The molecular weight excluding hydrogens is 621 g/mol. The third-order valence-electron chi connectivity index (χ3n) is 8.79. The fourth-order valence-electron chi connectivity index (χ4n) is 5.94. The summed E-state index contributed by atoms with van der Waals surface area (Å²) in [5.41, 5.74) is 1.53. The van der Waals surface area contributed by atoms with E-state index >= 15 is 4.79 Å². The molecule has 0 N–H and O–H groups in total. The summed E-state index contributed by atoms with van der Waals surface area (Å²) in [6.45, 7) is 16.1. The number of benzene rings is 3. The normalized spacial score (nSPS) is 19.8. The second kappa shape index (κ2) is 14.3. The number of amidine groups is 1. The van der Waals surface area contributed by atoms with Gasteiger partial charge in [-0.15, -0.1) is 0 Å². The first-order valence-electron chi connectivity index (χ1n) is 15.7. The van der Waals surface area contributed by atoms with E-state index in [9.17, 15) is 0 Å². The van der Waals surface area contributed by atoms with Gasteiger partial charge in [0, 0.05) is 37.4 Å². The van der Waals surface area contributed by atoms with Crippen LogP contribution in [0.2, 0.25) is 10.0 Å². The van der Waals surface area contributed by atoms with Crippen LogP contribution < -0.4 is 4.74 Å². The van der Waals surface area contributed by atoms with E-state index in [1.54, 1.807) is 19.1 Å². The van der Waals surface area contributed by atoms with Crippen molar-refractivity contribution in [1.29, 1.82) is 0 Å². The summed E-state index contributed by atoms with van der Waals surface area (Å²) in [6, 6.07) is 21.3. The molecule has 0 aliphatic carbocycles. The molecule has 0 radical (unpaired) electrons. The van der Waals surface area contributed by atoms with E-state index in [1.165, 1.54) is 0 Å². The maximum atomic E-state index is 15.1. The molecule has 0 unspecified atom stereocenters. The average Bonchev–Trinajstić information content (AvgIpc) is 3.24. The van der Waals surface area contributed by atoms with E-state index in [1.807, 2.05) is 73.3 Å². The second-order valence-electron chi connectivity index (χ2n) is 13.3. The summed E-state index contributed by atoms with van der Waals surface area (Å²) in [6.07, 6.45) is -0.106. The van der Waals surface area contributed by atoms with Gasteiger partial charge in [0.05, 0.1) is 24.9 Å². The third-order valence-corrected chi connectivity index (χ3v) is 9.30. The van der Waals surface area contributed by atoms with Crippen LogP contribution in [0.4, 0.5) is 4.79 Å². The SMILES string of the molecule is COCCN(CCOC)C(=O)N1C(c2ccc(C(C)(C)C)cc2OC(C)C)=N[C@@](C)(c2ccc(Cl)cc2)[C@@]1(C)c1ccc(Cl)cc1. The molecule has 0 saturated carbocycles. The minimum atomic E-state index is -1.02. The lowest BCUT2D eigenvalue weighted by Gasteiger charge is -2.46. The first kappa shape index (κ1) is 35.7. The van der Waals surface area contributed by atoms with Gasteiger partial charge in [0.1, 0.15) is 22.7 Å². The molecule has 7 nitrogen and oxygen atoms in total. The van der Waals surface area contributed by atoms with Gasteiger partial charge in [-0.3, -0.25) is 9.89 Å². The zero-order valence-corrected chi connectivity index (χ0v) is 30.0. The standard InChI is InChI=1S/C37H47Cl2N3O4/c1-25(2)46-32-24-28(35(3,4)5)14-19-31(32)33-40-36(6,26-10-15-29(38)16-11-26)37(7,27-12-17-30(39)18-13-27)42(33)34(43)41(20-22-44-8)21-23-45-9/h10-19,24-25H,20-23H2,1-9H3/t36-,37+/m0/s1. The molecule has 9 heteroatoms. The highest BCUT2D eigenvalue weighted by atomic mass is 35.5. The fraction of sp³-hybridized carbons (Fsp3) is 0.459. The maximum Gasteiger partial charge on any atom is 0.326 e. The summed E-state index contributed by atoms with van der Waals surface area (Å²) in [4.78, 5) is 24.2. The van der Waals surface area contributed by atoms with Crippen LogP contribution in [0.3, 0.4) is 0 Å². The molecule has 3 aromatic rings. The summed E-state index contributed by atoms with van der Waals surface area (Å²) >= 11 is 12.8. The van der Waals surface area contributed by atoms with E-state index < -0.39 is 11.1 Å². The Labute approximate surface area is 284 Å². The highest BCUT2D eigenvalue weighted by Crippen LogP contribution is 2.54. The molecule has 1 aliphatic rings. The Bertz CT molecular complexity index is 1530. The van der Waals surface area contributed by atoms with Crippen molar-refractivity contribution in [3.63, 3.8) is 0 Å². The molecule has 0 aromatic heterocycles. The molecule has 2 atom stereocenters. The molecule has 3 aromatic carbocycles. The Hall–Kier alpha value is -3.10. The topological polar surface area (TPSA) is 63.6 Å². The minimum Gasteiger partial charge on any atom is -0.490 e. The van der Waals surface area contributed by atoms with E-state index in [4.69, 9.17) is 42.4 Å². The number of methoxy groups -OCH3 is 2. The molecule has 1 heterocycles. The van der Waals surface area contributed by atoms with Crippen LogP contribution in [-0.4, -0.2) is 68.3 Å². The van der Waals surface area contributed by atoms with Gasteiger partial charge in [0.15, 0.2) is 0 Å². The first-order valence-corrected chi connectivity index (χ1v) is 16.4.